The number of hydrogen-bond donors (Lipinski definition) is 1. The lowest BCUT2D eigenvalue weighted by atomic mass is 10.1. The highest BCUT2D eigenvalue weighted by molar-refractivity contribution is 7.92. The molecule has 0 unspecified atom stereocenters. The molecule has 1 amide bonds. The van der Waals surface area contributed by atoms with Crippen molar-refractivity contribution in [3.05, 3.63) is 48.0 Å². The summed E-state index contributed by atoms with van der Waals surface area (Å²) in [7, 11) is 0.981. The van der Waals surface area contributed by atoms with Crippen molar-refractivity contribution < 1.29 is 22.7 Å². The highest BCUT2D eigenvalue weighted by Crippen LogP contribution is 2.29. The smallest absolute Gasteiger partial charge is 0.263 e. The normalized spacial score (nSPS) is 10.9. The molecular formula is C17H20N2O5S. The summed E-state index contributed by atoms with van der Waals surface area (Å²) in [6.45, 7) is 0. The maximum atomic E-state index is 12.6. The SMILES string of the molecule is COc1cccc(OC)c1C(=O)Nc1cccc(N(C)S(C)(=O)=O)c1. The fourth-order valence-electron chi connectivity index (χ4n) is 2.24. The van der Waals surface area contributed by atoms with Crippen molar-refractivity contribution in [2.75, 3.05) is 37.1 Å². The first-order chi connectivity index (χ1) is 11.8. The standard InChI is InChI=1S/C17H20N2O5S/c1-19(25(4,21)22)13-8-5-7-12(11-13)18-17(20)16-14(23-2)9-6-10-15(16)24-3/h5-11H,1-4H3,(H,18,20). The van der Waals surface area contributed by atoms with Crippen LogP contribution in [0.5, 0.6) is 11.5 Å². The zero-order valence-electron chi connectivity index (χ0n) is 14.4. The first-order valence-electron chi connectivity index (χ1n) is 7.34. The molecule has 0 bridgehead atoms. The molecule has 0 spiro atoms. The third-order valence-corrected chi connectivity index (χ3v) is 4.83. The van der Waals surface area contributed by atoms with Crippen molar-refractivity contribution in [3.8, 4) is 11.5 Å². The average molecular weight is 364 g/mol. The van der Waals surface area contributed by atoms with Gasteiger partial charge in [-0.15, -0.1) is 0 Å². The predicted octanol–water partition coefficient (Wildman–Crippen LogP) is 2.35. The summed E-state index contributed by atoms with van der Waals surface area (Å²) >= 11 is 0. The van der Waals surface area contributed by atoms with Gasteiger partial charge < -0.3 is 14.8 Å². The summed E-state index contributed by atoms with van der Waals surface area (Å²) in [5, 5.41) is 2.73. The van der Waals surface area contributed by atoms with Crippen molar-refractivity contribution in [1.29, 1.82) is 0 Å². The van der Waals surface area contributed by atoms with Gasteiger partial charge in [0, 0.05) is 12.7 Å². The zero-order chi connectivity index (χ0) is 18.6. The first-order valence-corrected chi connectivity index (χ1v) is 9.19. The third-order valence-electron chi connectivity index (χ3n) is 3.62. The number of nitrogens with zero attached hydrogens (tertiary/aromatic N) is 1. The summed E-state index contributed by atoms with van der Waals surface area (Å²) in [5.41, 5.74) is 1.15. The highest BCUT2D eigenvalue weighted by atomic mass is 32.2. The molecule has 2 aromatic rings. The number of nitrogens with one attached hydrogen (secondary N) is 1. The van der Waals surface area contributed by atoms with Crippen LogP contribution in [0, 0.1) is 0 Å². The van der Waals surface area contributed by atoms with Gasteiger partial charge in [0.25, 0.3) is 5.91 Å². The molecule has 0 saturated heterocycles. The number of rotatable bonds is 6. The van der Waals surface area contributed by atoms with E-state index < -0.39 is 15.9 Å². The second-order valence-corrected chi connectivity index (χ2v) is 7.29. The molecular weight excluding hydrogens is 344 g/mol. The van der Waals surface area contributed by atoms with Gasteiger partial charge in [-0.25, -0.2) is 8.42 Å². The molecule has 0 radical (unpaired) electrons. The second kappa shape index (κ2) is 7.43. The molecule has 0 fully saturated rings. The largest absolute Gasteiger partial charge is 0.496 e. The van der Waals surface area contributed by atoms with Crippen molar-refractivity contribution >= 4 is 27.3 Å². The van der Waals surface area contributed by atoms with Gasteiger partial charge in [0.15, 0.2) is 0 Å². The maximum absolute atomic E-state index is 12.6. The first kappa shape index (κ1) is 18.6. The topological polar surface area (TPSA) is 84.9 Å². The van der Waals surface area contributed by atoms with Crippen LogP contribution in [0.2, 0.25) is 0 Å². The van der Waals surface area contributed by atoms with Crippen LogP contribution >= 0.6 is 0 Å². The van der Waals surface area contributed by atoms with Crippen molar-refractivity contribution in [2.24, 2.45) is 0 Å². The van der Waals surface area contributed by atoms with Gasteiger partial charge in [-0.1, -0.05) is 12.1 Å². The summed E-state index contributed by atoms with van der Waals surface area (Å²) in [6, 6.07) is 11.6. The van der Waals surface area contributed by atoms with E-state index >= 15 is 0 Å². The Morgan fingerprint density at radius 3 is 2.12 bits per heavy atom. The molecule has 7 nitrogen and oxygen atoms in total. The van der Waals surface area contributed by atoms with E-state index in [0.717, 1.165) is 10.6 Å². The Labute approximate surface area is 147 Å². The Bertz CT molecular complexity index is 858. The van der Waals surface area contributed by atoms with Crippen LogP contribution in [0.15, 0.2) is 42.5 Å². The number of anilines is 2. The molecule has 0 saturated carbocycles. The molecule has 8 heteroatoms. The van der Waals surface area contributed by atoms with E-state index in [1.54, 1.807) is 42.5 Å². The Hall–Kier alpha value is -2.74. The number of hydrogen-bond acceptors (Lipinski definition) is 5. The Kier molecular flexibility index (Phi) is 5.53. The number of benzene rings is 2. The molecule has 134 valence electrons. The van der Waals surface area contributed by atoms with Gasteiger partial charge >= 0.3 is 0 Å². The summed E-state index contributed by atoms with van der Waals surface area (Å²) in [5.74, 6) is 0.330. The number of carbonyl (C=O) groups is 1. The fourth-order valence-corrected chi connectivity index (χ4v) is 2.74. The van der Waals surface area contributed by atoms with Gasteiger partial charge in [-0.05, 0) is 30.3 Å². The monoisotopic (exact) mass is 364 g/mol. The highest BCUT2D eigenvalue weighted by Gasteiger charge is 2.19. The molecule has 1 N–H and O–H groups in total. The van der Waals surface area contributed by atoms with Crippen molar-refractivity contribution in [3.63, 3.8) is 0 Å². The molecule has 25 heavy (non-hydrogen) atoms. The molecule has 2 rings (SSSR count). The number of sulfonamides is 1. The van der Waals surface area contributed by atoms with E-state index in [-0.39, 0.29) is 5.56 Å². The maximum Gasteiger partial charge on any atom is 0.263 e. The van der Waals surface area contributed by atoms with Gasteiger partial charge in [0.05, 0.1) is 26.2 Å². The summed E-state index contributed by atoms with van der Waals surface area (Å²) < 4.78 is 34.9. The second-order valence-electron chi connectivity index (χ2n) is 5.27. The van der Waals surface area contributed by atoms with Crippen LogP contribution in [0.1, 0.15) is 10.4 Å². The van der Waals surface area contributed by atoms with E-state index in [4.69, 9.17) is 9.47 Å². The van der Waals surface area contributed by atoms with E-state index in [1.807, 2.05) is 0 Å². The van der Waals surface area contributed by atoms with Gasteiger partial charge in [-0.3, -0.25) is 9.10 Å². The number of carbonyl (C=O) groups excluding carboxylic acids is 1. The van der Waals surface area contributed by atoms with E-state index in [9.17, 15) is 13.2 Å². The minimum absolute atomic E-state index is 0.259. The molecule has 0 atom stereocenters. The van der Waals surface area contributed by atoms with E-state index in [2.05, 4.69) is 5.32 Å². The molecule has 0 aromatic heterocycles. The Morgan fingerprint density at radius 1 is 1.04 bits per heavy atom. The summed E-state index contributed by atoms with van der Waals surface area (Å²) in [6.07, 6.45) is 1.11. The molecule has 0 aliphatic carbocycles. The van der Waals surface area contributed by atoms with Crippen LogP contribution in [0.4, 0.5) is 11.4 Å². The van der Waals surface area contributed by atoms with Gasteiger partial charge in [0.2, 0.25) is 10.0 Å². The number of methoxy groups -OCH3 is 2. The minimum Gasteiger partial charge on any atom is -0.496 e. The molecule has 0 heterocycles. The van der Waals surface area contributed by atoms with E-state index in [0.29, 0.717) is 22.9 Å². The average Bonchev–Trinajstić information content (AvgIpc) is 2.59. The lowest BCUT2D eigenvalue weighted by molar-refractivity contribution is 0.102. The van der Waals surface area contributed by atoms with Crippen LogP contribution < -0.4 is 19.1 Å². The Morgan fingerprint density at radius 2 is 1.60 bits per heavy atom. The predicted molar refractivity (Wildman–Crippen MR) is 97.2 cm³/mol. The summed E-state index contributed by atoms with van der Waals surface area (Å²) in [4.78, 5) is 12.6. The quantitative estimate of drug-likeness (QED) is 0.850. The van der Waals surface area contributed by atoms with Crippen LogP contribution in [-0.2, 0) is 10.0 Å². The van der Waals surface area contributed by atoms with E-state index in [1.165, 1.54) is 21.3 Å². The fraction of sp³-hybridized carbons (Fsp3) is 0.235. The number of amides is 1. The van der Waals surface area contributed by atoms with Gasteiger partial charge in [0.1, 0.15) is 17.1 Å². The number of ether oxygens (including phenoxy) is 2. The Balaban J connectivity index is 2.34. The van der Waals surface area contributed by atoms with Gasteiger partial charge in [-0.2, -0.15) is 0 Å². The van der Waals surface area contributed by atoms with Crippen LogP contribution in [0.3, 0.4) is 0 Å². The third kappa shape index (κ3) is 4.21. The van der Waals surface area contributed by atoms with Crippen molar-refractivity contribution in [2.45, 2.75) is 0 Å². The zero-order valence-corrected chi connectivity index (χ0v) is 15.3. The van der Waals surface area contributed by atoms with Crippen LogP contribution in [0.25, 0.3) is 0 Å². The van der Waals surface area contributed by atoms with Crippen LogP contribution in [-0.4, -0.2) is 41.8 Å². The molecule has 2 aromatic carbocycles. The lowest BCUT2D eigenvalue weighted by Gasteiger charge is -2.18. The molecule has 0 aliphatic rings. The molecule has 0 aliphatic heterocycles. The lowest BCUT2D eigenvalue weighted by Crippen LogP contribution is -2.25. The minimum atomic E-state index is -3.39. The van der Waals surface area contributed by atoms with Crippen molar-refractivity contribution in [1.82, 2.24) is 0 Å².